The maximum Gasteiger partial charge on any atom is 0.225 e. The molecule has 2 rings (SSSR count). The van der Waals surface area contributed by atoms with Crippen LogP contribution in [0.1, 0.15) is 5.56 Å². The van der Waals surface area contributed by atoms with E-state index in [2.05, 4.69) is 15.4 Å². The summed E-state index contributed by atoms with van der Waals surface area (Å²) in [5.74, 6) is 6.95. The Morgan fingerprint density at radius 1 is 1.30 bits per heavy atom. The number of anilines is 1. The quantitative estimate of drug-likeness (QED) is 0.323. The van der Waals surface area contributed by atoms with Gasteiger partial charge in [-0.2, -0.15) is 4.98 Å². The van der Waals surface area contributed by atoms with Crippen LogP contribution in [-0.2, 0) is 6.42 Å². The van der Waals surface area contributed by atoms with Gasteiger partial charge in [0.15, 0.2) is 5.16 Å². The molecule has 2 aromatic rings. The molecule has 0 bridgehead atoms. The Labute approximate surface area is 121 Å². The second kappa shape index (κ2) is 7.09. The largest absolute Gasteiger partial charge is 0.439 e. The summed E-state index contributed by atoms with van der Waals surface area (Å²) in [7, 11) is 0. The number of nitrogens with two attached hydrogens (primary N) is 1. The van der Waals surface area contributed by atoms with E-state index in [-0.39, 0.29) is 6.61 Å². The third-order valence-corrected chi connectivity index (χ3v) is 3.11. The molecule has 106 valence electrons. The molecule has 0 radical (unpaired) electrons. The number of thioether (sulfide) groups is 1. The first-order valence-corrected chi connectivity index (χ1v) is 7.25. The molecule has 1 heterocycles. The minimum atomic E-state index is 0.134. The molecule has 0 fully saturated rings. The molecule has 1 aromatic carbocycles. The maximum atomic E-state index is 8.87. The lowest BCUT2D eigenvalue weighted by molar-refractivity contribution is 0.299. The third-order valence-electron chi connectivity index (χ3n) is 2.56. The molecule has 4 N–H and O–H groups in total. The number of hydrogen-bond donors (Lipinski definition) is 3. The van der Waals surface area contributed by atoms with Crippen LogP contribution in [0.25, 0.3) is 0 Å². The van der Waals surface area contributed by atoms with Gasteiger partial charge in [0, 0.05) is 12.7 Å². The average Bonchev–Trinajstić information content (AvgIpc) is 2.49. The van der Waals surface area contributed by atoms with E-state index in [1.165, 1.54) is 11.8 Å². The highest BCUT2D eigenvalue weighted by Gasteiger charge is 2.05. The number of nitrogens with one attached hydrogen (secondary N) is 1. The van der Waals surface area contributed by atoms with E-state index in [0.717, 1.165) is 5.56 Å². The van der Waals surface area contributed by atoms with Crippen molar-refractivity contribution in [3.63, 3.8) is 0 Å². The van der Waals surface area contributed by atoms with Gasteiger partial charge in [-0.05, 0) is 30.4 Å². The average molecular weight is 292 g/mol. The van der Waals surface area contributed by atoms with E-state index in [1.807, 2.05) is 30.5 Å². The van der Waals surface area contributed by atoms with Crippen LogP contribution >= 0.6 is 11.8 Å². The van der Waals surface area contributed by atoms with E-state index in [0.29, 0.717) is 29.0 Å². The molecular weight excluding hydrogens is 276 g/mol. The van der Waals surface area contributed by atoms with Gasteiger partial charge >= 0.3 is 0 Å². The van der Waals surface area contributed by atoms with Crippen molar-refractivity contribution in [2.45, 2.75) is 11.6 Å². The van der Waals surface area contributed by atoms with Crippen LogP contribution < -0.4 is 16.0 Å². The minimum Gasteiger partial charge on any atom is -0.439 e. The van der Waals surface area contributed by atoms with Crippen molar-refractivity contribution in [2.75, 3.05) is 18.3 Å². The number of nitrogen functional groups attached to an aromatic ring is 1. The zero-order valence-corrected chi connectivity index (χ0v) is 11.9. The van der Waals surface area contributed by atoms with Gasteiger partial charge in [0.05, 0.1) is 0 Å². The number of benzene rings is 1. The SMILES string of the molecule is CSc1nc(NN)cc(Oc2ccc(CCO)cc2)n1. The van der Waals surface area contributed by atoms with Crippen molar-refractivity contribution < 1.29 is 9.84 Å². The van der Waals surface area contributed by atoms with Crippen LogP contribution in [0.4, 0.5) is 5.82 Å². The molecule has 0 atom stereocenters. The molecule has 1 aromatic heterocycles. The first-order valence-electron chi connectivity index (χ1n) is 6.02. The van der Waals surface area contributed by atoms with Gasteiger partial charge in [0.25, 0.3) is 0 Å². The Kier molecular flexibility index (Phi) is 5.16. The summed E-state index contributed by atoms with van der Waals surface area (Å²) in [5.41, 5.74) is 3.53. The molecule has 0 spiro atoms. The minimum absolute atomic E-state index is 0.134. The summed E-state index contributed by atoms with van der Waals surface area (Å²) >= 11 is 1.41. The lowest BCUT2D eigenvalue weighted by Crippen LogP contribution is -2.09. The van der Waals surface area contributed by atoms with Crippen LogP contribution in [-0.4, -0.2) is 27.9 Å². The van der Waals surface area contributed by atoms with Crippen molar-refractivity contribution in [3.05, 3.63) is 35.9 Å². The molecule has 0 aliphatic rings. The van der Waals surface area contributed by atoms with Gasteiger partial charge in [-0.1, -0.05) is 23.9 Å². The molecule has 0 saturated carbocycles. The summed E-state index contributed by atoms with van der Waals surface area (Å²) in [4.78, 5) is 8.41. The fourth-order valence-corrected chi connectivity index (χ4v) is 1.97. The van der Waals surface area contributed by atoms with Crippen molar-refractivity contribution in [1.29, 1.82) is 0 Å². The summed E-state index contributed by atoms with van der Waals surface area (Å²) < 4.78 is 5.67. The molecule has 0 saturated heterocycles. The zero-order valence-electron chi connectivity index (χ0n) is 11.0. The third kappa shape index (κ3) is 3.83. The van der Waals surface area contributed by atoms with E-state index >= 15 is 0 Å². The van der Waals surface area contributed by atoms with Crippen LogP contribution in [0.15, 0.2) is 35.5 Å². The van der Waals surface area contributed by atoms with Gasteiger partial charge in [-0.3, -0.25) is 0 Å². The number of ether oxygens (including phenoxy) is 1. The fraction of sp³-hybridized carbons (Fsp3) is 0.231. The van der Waals surface area contributed by atoms with Crippen molar-refractivity contribution in [2.24, 2.45) is 5.84 Å². The number of aliphatic hydroxyl groups is 1. The molecule has 0 aliphatic carbocycles. The normalized spacial score (nSPS) is 10.3. The lowest BCUT2D eigenvalue weighted by atomic mass is 10.1. The summed E-state index contributed by atoms with van der Waals surface area (Å²) in [6.07, 6.45) is 2.51. The zero-order chi connectivity index (χ0) is 14.4. The molecule has 20 heavy (non-hydrogen) atoms. The molecule has 7 heteroatoms. The summed E-state index contributed by atoms with van der Waals surface area (Å²) in [5, 5.41) is 9.45. The molecule has 0 amide bonds. The van der Waals surface area contributed by atoms with Gasteiger partial charge in [-0.15, -0.1) is 0 Å². The van der Waals surface area contributed by atoms with Gasteiger partial charge in [-0.25, -0.2) is 10.8 Å². The van der Waals surface area contributed by atoms with E-state index in [9.17, 15) is 0 Å². The maximum absolute atomic E-state index is 8.87. The fourth-order valence-electron chi connectivity index (χ4n) is 1.60. The number of hydrazine groups is 1. The lowest BCUT2D eigenvalue weighted by Gasteiger charge is -2.08. The first-order chi connectivity index (χ1) is 9.75. The van der Waals surface area contributed by atoms with E-state index < -0.39 is 0 Å². The summed E-state index contributed by atoms with van der Waals surface area (Å²) in [6, 6.07) is 9.11. The number of hydrogen-bond acceptors (Lipinski definition) is 7. The Morgan fingerprint density at radius 2 is 2.05 bits per heavy atom. The molecular formula is C13H16N4O2S. The Bertz CT molecular complexity index is 541. The van der Waals surface area contributed by atoms with Gasteiger partial charge in [0.2, 0.25) is 5.88 Å². The predicted octanol–water partition coefficient (Wildman–Crippen LogP) is 1.81. The molecule has 6 nitrogen and oxygen atoms in total. The Hall–Kier alpha value is -1.83. The van der Waals surface area contributed by atoms with Crippen LogP contribution in [0.5, 0.6) is 11.6 Å². The molecule has 0 unspecified atom stereocenters. The Balaban J connectivity index is 2.16. The summed E-state index contributed by atoms with van der Waals surface area (Å²) in [6.45, 7) is 0.134. The van der Waals surface area contributed by atoms with Crippen LogP contribution in [0.2, 0.25) is 0 Å². The van der Waals surface area contributed by atoms with E-state index in [4.69, 9.17) is 15.7 Å². The number of aliphatic hydroxyl groups excluding tert-OH is 1. The highest BCUT2D eigenvalue weighted by Crippen LogP contribution is 2.24. The number of aromatic nitrogens is 2. The highest BCUT2D eigenvalue weighted by molar-refractivity contribution is 7.98. The van der Waals surface area contributed by atoms with Crippen molar-refractivity contribution in [3.8, 4) is 11.6 Å². The Morgan fingerprint density at radius 3 is 2.65 bits per heavy atom. The highest BCUT2D eigenvalue weighted by atomic mass is 32.2. The predicted molar refractivity (Wildman–Crippen MR) is 78.9 cm³/mol. The van der Waals surface area contributed by atoms with Gasteiger partial charge < -0.3 is 15.3 Å². The topological polar surface area (TPSA) is 93.3 Å². The number of nitrogens with zero attached hydrogens (tertiary/aromatic N) is 2. The van der Waals surface area contributed by atoms with Crippen molar-refractivity contribution in [1.82, 2.24) is 9.97 Å². The smallest absolute Gasteiger partial charge is 0.225 e. The van der Waals surface area contributed by atoms with Crippen LogP contribution in [0, 0.1) is 0 Å². The second-order valence-electron chi connectivity index (χ2n) is 3.94. The van der Waals surface area contributed by atoms with Gasteiger partial charge in [0.1, 0.15) is 11.6 Å². The first kappa shape index (κ1) is 14.6. The number of rotatable bonds is 6. The second-order valence-corrected chi connectivity index (χ2v) is 4.72. The molecule has 0 aliphatic heterocycles. The standard InChI is InChI=1S/C13H16N4O2S/c1-20-13-15-11(17-14)8-12(16-13)19-10-4-2-9(3-5-10)6-7-18/h2-5,8,18H,6-7,14H2,1H3,(H,15,16,17). The van der Waals surface area contributed by atoms with Crippen molar-refractivity contribution >= 4 is 17.6 Å². The van der Waals surface area contributed by atoms with E-state index in [1.54, 1.807) is 6.07 Å². The van der Waals surface area contributed by atoms with Crippen LogP contribution in [0.3, 0.4) is 0 Å². The monoisotopic (exact) mass is 292 g/mol.